The van der Waals surface area contributed by atoms with E-state index in [1.54, 1.807) is 24.3 Å². The number of hydrogen-bond acceptors (Lipinski definition) is 10. The van der Waals surface area contributed by atoms with Gasteiger partial charge in [0.25, 0.3) is 0 Å². The lowest BCUT2D eigenvalue weighted by molar-refractivity contribution is -0.145. The number of carbonyl (C=O) groups is 1. The van der Waals surface area contributed by atoms with Crippen LogP contribution in [0.4, 0.5) is 0 Å². The lowest BCUT2D eigenvalue weighted by Gasteiger charge is -2.10. The van der Waals surface area contributed by atoms with Crippen LogP contribution >= 0.6 is 0 Å². The van der Waals surface area contributed by atoms with Gasteiger partial charge in [-0.25, -0.2) is 0 Å². The quantitative estimate of drug-likeness (QED) is 0.180. The number of benzene rings is 2. The summed E-state index contributed by atoms with van der Waals surface area (Å²) < 4.78 is 16.6. The average molecular weight is 507 g/mol. The molecule has 0 spiro atoms. The zero-order chi connectivity index (χ0) is 26.7. The Morgan fingerprint density at radius 3 is 2.38 bits per heavy atom. The van der Waals surface area contributed by atoms with E-state index in [0.717, 1.165) is 23.1 Å². The summed E-state index contributed by atoms with van der Waals surface area (Å²) in [5.41, 5.74) is 2.95. The van der Waals surface area contributed by atoms with Gasteiger partial charge in [0.05, 0.1) is 29.4 Å². The molecule has 3 N–H and O–H groups in total. The molecular formula is C27H26N2O8. The number of esters is 1. The van der Waals surface area contributed by atoms with E-state index >= 15 is 0 Å². The Labute approximate surface area is 211 Å². The standard InChI is InChI=1S/C27H26N2O8/c1-14-15(2)29-19(16(3)28-14)13-36-24(32)5-4-10-35-18-8-6-17(7-9-18)22-11-20(30)25-23(37-22)12-21(31)26(33)27(25)34/h6-9,11-12,31,33-34H,4-5,10,13H2,1-3H3. The number of aryl methyl sites for hydroxylation is 3. The van der Waals surface area contributed by atoms with Crippen molar-refractivity contribution in [1.82, 2.24) is 9.97 Å². The number of phenolic OH excluding ortho intramolecular Hbond substituents is 3. The fourth-order valence-corrected chi connectivity index (χ4v) is 3.66. The Kier molecular flexibility index (Phi) is 7.28. The highest BCUT2D eigenvalue weighted by atomic mass is 16.5. The first kappa shape index (κ1) is 25.5. The van der Waals surface area contributed by atoms with Crippen molar-refractivity contribution in [3.05, 3.63) is 69.4 Å². The zero-order valence-electron chi connectivity index (χ0n) is 20.6. The Balaban J connectivity index is 1.30. The lowest BCUT2D eigenvalue weighted by Crippen LogP contribution is -2.10. The van der Waals surface area contributed by atoms with E-state index < -0.39 is 22.7 Å². The van der Waals surface area contributed by atoms with Crippen molar-refractivity contribution >= 4 is 16.9 Å². The molecule has 2 aromatic heterocycles. The summed E-state index contributed by atoms with van der Waals surface area (Å²) in [6.45, 7) is 5.94. The summed E-state index contributed by atoms with van der Waals surface area (Å²) >= 11 is 0. The Hall–Kier alpha value is -4.60. The van der Waals surface area contributed by atoms with Gasteiger partial charge in [-0.1, -0.05) is 0 Å². The minimum atomic E-state index is -0.784. The van der Waals surface area contributed by atoms with Crippen molar-refractivity contribution in [3.63, 3.8) is 0 Å². The van der Waals surface area contributed by atoms with Gasteiger partial charge in [0, 0.05) is 24.1 Å². The SMILES string of the molecule is Cc1nc(C)c(COC(=O)CCCOc2ccc(-c3cc(=O)c4c(O)c(O)c(O)cc4o3)cc2)nc1C. The first-order valence-electron chi connectivity index (χ1n) is 11.6. The fraction of sp³-hybridized carbons (Fsp3) is 0.259. The number of carbonyl (C=O) groups excluding carboxylic acids is 1. The van der Waals surface area contributed by atoms with Gasteiger partial charge >= 0.3 is 5.97 Å². The van der Waals surface area contributed by atoms with Crippen molar-refractivity contribution in [3.8, 4) is 34.3 Å². The van der Waals surface area contributed by atoms with E-state index in [1.807, 2.05) is 20.8 Å². The minimum Gasteiger partial charge on any atom is -0.504 e. The van der Waals surface area contributed by atoms with Crippen molar-refractivity contribution in [2.75, 3.05) is 6.61 Å². The van der Waals surface area contributed by atoms with Crippen LogP contribution in [0.3, 0.4) is 0 Å². The number of hydrogen-bond donors (Lipinski definition) is 3. The molecule has 192 valence electrons. The van der Waals surface area contributed by atoms with Gasteiger partial charge < -0.3 is 29.2 Å². The molecule has 0 bridgehead atoms. The number of phenols is 3. The predicted molar refractivity (Wildman–Crippen MR) is 134 cm³/mol. The molecule has 0 saturated carbocycles. The van der Waals surface area contributed by atoms with Crippen LogP contribution in [0.15, 0.2) is 45.6 Å². The Bertz CT molecular complexity index is 1530. The third kappa shape index (κ3) is 5.64. The summed E-state index contributed by atoms with van der Waals surface area (Å²) in [5.74, 6) is -1.71. The Morgan fingerprint density at radius 2 is 1.65 bits per heavy atom. The monoisotopic (exact) mass is 506 g/mol. The maximum absolute atomic E-state index is 12.4. The second-order valence-corrected chi connectivity index (χ2v) is 8.50. The molecule has 0 atom stereocenters. The number of aromatic hydroxyl groups is 3. The maximum atomic E-state index is 12.4. The van der Waals surface area contributed by atoms with Crippen LogP contribution in [0.25, 0.3) is 22.3 Å². The summed E-state index contributed by atoms with van der Waals surface area (Å²) in [6, 6.07) is 8.98. The van der Waals surface area contributed by atoms with Crippen LogP contribution < -0.4 is 10.2 Å². The number of rotatable bonds is 8. The van der Waals surface area contributed by atoms with Gasteiger partial charge in [0.2, 0.25) is 5.75 Å². The van der Waals surface area contributed by atoms with Gasteiger partial charge in [-0.05, 0) is 51.5 Å². The van der Waals surface area contributed by atoms with Gasteiger partial charge in [-0.2, -0.15) is 0 Å². The van der Waals surface area contributed by atoms with Crippen LogP contribution in [0, 0.1) is 20.8 Å². The molecule has 10 nitrogen and oxygen atoms in total. The van der Waals surface area contributed by atoms with Crippen LogP contribution in [-0.4, -0.2) is 37.9 Å². The van der Waals surface area contributed by atoms with E-state index in [0.29, 0.717) is 30.0 Å². The van der Waals surface area contributed by atoms with Crippen LogP contribution in [0.5, 0.6) is 23.0 Å². The van der Waals surface area contributed by atoms with E-state index in [-0.39, 0.29) is 35.7 Å². The topological polar surface area (TPSA) is 152 Å². The zero-order valence-corrected chi connectivity index (χ0v) is 20.6. The van der Waals surface area contributed by atoms with E-state index in [1.165, 1.54) is 6.07 Å². The van der Waals surface area contributed by atoms with Crippen LogP contribution in [-0.2, 0) is 16.1 Å². The van der Waals surface area contributed by atoms with E-state index in [2.05, 4.69) is 9.97 Å². The summed E-state index contributed by atoms with van der Waals surface area (Å²) in [7, 11) is 0. The van der Waals surface area contributed by atoms with Gasteiger partial charge in [-0.3, -0.25) is 19.6 Å². The third-order valence-corrected chi connectivity index (χ3v) is 5.83. The van der Waals surface area contributed by atoms with E-state index in [4.69, 9.17) is 13.9 Å². The van der Waals surface area contributed by atoms with Crippen molar-refractivity contribution in [2.45, 2.75) is 40.2 Å². The van der Waals surface area contributed by atoms with Crippen molar-refractivity contribution < 1.29 is 34.0 Å². The largest absolute Gasteiger partial charge is 0.504 e. The molecule has 0 radical (unpaired) electrons. The highest BCUT2D eigenvalue weighted by molar-refractivity contribution is 5.89. The van der Waals surface area contributed by atoms with Gasteiger partial charge in [0.15, 0.2) is 16.9 Å². The molecule has 4 rings (SSSR count). The highest BCUT2D eigenvalue weighted by Gasteiger charge is 2.17. The molecule has 37 heavy (non-hydrogen) atoms. The molecule has 0 saturated heterocycles. The second kappa shape index (κ2) is 10.6. The predicted octanol–water partition coefficient (Wildman–Crippen LogP) is 4.19. The number of aromatic nitrogens is 2. The molecule has 4 aromatic rings. The maximum Gasteiger partial charge on any atom is 0.306 e. The third-order valence-electron chi connectivity index (χ3n) is 5.83. The number of fused-ring (bicyclic) bond motifs is 1. The fourth-order valence-electron chi connectivity index (χ4n) is 3.66. The molecule has 0 aliphatic heterocycles. The number of ether oxygens (including phenoxy) is 2. The molecule has 10 heteroatoms. The van der Waals surface area contributed by atoms with E-state index in [9.17, 15) is 24.9 Å². The van der Waals surface area contributed by atoms with Crippen molar-refractivity contribution in [1.29, 1.82) is 0 Å². The number of nitrogens with zero attached hydrogens (tertiary/aromatic N) is 2. The summed E-state index contributed by atoms with van der Waals surface area (Å²) in [5, 5.41) is 29.1. The Morgan fingerprint density at radius 1 is 0.946 bits per heavy atom. The molecule has 0 aliphatic carbocycles. The smallest absolute Gasteiger partial charge is 0.306 e. The second-order valence-electron chi connectivity index (χ2n) is 8.50. The molecule has 0 fully saturated rings. The first-order chi connectivity index (χ1) is 17.6. The normalized spacial score (nSPS) is 11.0. The minimum absolute atomic E-state index is 0.0674. The van der Waals surface area contributed by atoms with Gasteiger partial charge in [0.1, 0.15) is 29.1 Å². The molecular weight excluding hydrogens is 480 g/mol. The lowest BCUT2D eigenvalue weighted by atomic mass is 10.1. The molecule has 0 amide bonds. The highest BCUT2D eigenvalue weighted by Crippen LogP contribution is 2.40. The molecule has 0 aliphatic rings. The summed E-state index contributed by atoms with van der Waals surface area (Å²) in [4.78, 5) is 33.3. The first-order valence-corrected chi connectivity index (χ1v) is 11.6. The summed E-state index contributed by atoms with van der Waals surface area (Å²) in [6.07, 6.45) is 0.643. The van der Waals surface area contributed by atoms with Crippen LogP contribution in [0.2, 0.25) is 0 Å². The molecule has 0 unspecified atom stereocenters. The molecule has 2 heterocycles. The average Bonchev–Trinajstić information content (AvgIpc) is 2.86. The van der Waals surface area contributed by atoms with Gasteiger partial charge in [-0.15, -0.1) is 0 Å². The van der Waals surface area contributed by atoms with Crippen LogP contribution in [0.1, 0.15) is 35.6 Å². The molecule has 2 aromatic carbocycles. The van der Waals surface area contributed by atoms with Crippen molar-refractivity contribution in [2.24, 2.45) is 0 Å².